The minimum Gasteiger partial charge on any atom is -0.309 e. The van der Waals surface area contributed by atoms with Gasteiger partial charge in [-0.25, -0.2) is 0 Å². The van der Waals surface area contributed by atoms with Crippen molar-refractivity contribution in [1.82, 2.24) is 5.32 Å². The maximum absolute atomic E-state index is 11.2. The summed E-state index contributed by atoms with van der Waals surface area (Å²) in [6.07, 6.45) is 0. The lowest BCUT2D eigenvalue weighted by molar-refractivity contribution is -0.122. The van der Waals surface area contributed by atoms with Gasteiger partial charge in [-0.15, -0.1) is 0 Å². The van der Waals surface area contributed by atoms with Crippen LogP contribution in [-0.4, -0.2) is 18.9 Å². The molecule has 0 aromatic carbocycles. The molecular weight excluding hydrogens is 126 g/mol. The number of hydrogen-bond donors (Lipinski definition) is 1. The van der Waals surface area contributed by atoms with Gasteiger partial charge in [0.05, 0.1) is 6.54 Å². The Morgan fingerprint density at radius 1 is 1.50 bits per heavy atom. The van der Waals surface area contributed by atoms with E-state index in [4.69, 9.17) is 0 Å². The molecule has 58 valence electrons. The first kappa shape index (κ1) is 7.73. The van der Waals surface area contributed by atoms with Crippen LogP contribution in [0.3, 0.4) is 0 Å². The van der Waals surface area contributed by atoms with Gasteiger partial charge in [-0.3, -0.25) is 4.79 Å². The molecular formula is C8H15NO. The van der Waals surface area contributed by atoms with E-state index in [0.29, 0.717) is 12.3 Å². The molecule has 2 nitrogen and oxygen atoms in total. The summed E-state index contributed by atoms with van der Waals surface area (Å²) in [5.41, 5.74) is 0.139. The van der Waals surface area contributed by atoms with Gasteiger partial charge in [0.15, 0.2) is 5.78 Å². The highest BCUT2D eigenvalue weighted by molar-refractivity contribution is 5.85. The zero-order valence-corrected chi connectivity index (χ0v) is 6.90. The molecule has 1 N–H and O–H groups in total. The molecule has 0 spiro atoms. The second kappa shape index (κ2) is 2.35. The monoisotopic (exact) mass is 141 g/mol. The van der Waals surface area contributed by atoms with Crippen molar-refractivity contribution in [2.45, 2.75) is 20.8 Å². The molecule has 0 radical (unpaired) electrons. The highest BCUT2D eigenvalue weighted by atomic mass is 16.1. The van der Waals surface area contributed by atoms with E-state index < -0.39 is 0 Å². The number of hydrogen-bond acceptors (Lipinski definition) is 2. The number of carbonyl (C=O) groups excluding carboxylic acids is 1. The maximum Gasteiger partial charge on any atom is 0.151 e. The van der Waals surface area contributed by atoms with Gasteiger partial charge in [0.25, 0.3) is 0 Å². The number of Topliss-reactive ketones (excluding diaryl/α,β-unsaturated/α-hetero) is 1. The average molecular weight is 141 g/mol. The predicted molar refractivity (Wildman–Crippen MR) is 40.8 cm³/mol. The molecule has 1 saturated heterocycles. The summed E-state index contributed by atoms with van der Waals surface area (Å²) < 4.78 is 0. The zero-order chi connectivity index (χ0) is 7.78. The number of nitrogens with one attached hydrogen (secondary N) is 1. The molecule has 0 saturated carbocycles. The van der Waals surface area contributed by atoms with E-state index >= 15 is 0 Å². The van der Waals surface area contributed by atoms with Crippen LogP contribution >= 0.6 is 0 Å². The first-order valence-corrected chi connectivity index (χ1v) is 3.75. The largest absolute Gasteiger partial charge is 0.309 e. The van der Waals surface area contributed by atoms with Crippen LogP contribution in [0.25, 0.3) is 0 Å². The standard InChI is InChI=1S/C8H15NO/c1-8(2,3)6-4-9-5-7(6)10/h6,9H,4-5H2,1-3H3. The first-order valence-electron chi connectivity index (χ1n) is 3.75. The van der Waals surface area contributed by atoms with Crippen molar-refractivity contribution < 1.29 is 4.79 Å². The smallest absolute Gasteiger partial charge is 0.151 e. The summed E-state index contributed by atoms with van der Waals surface area (Å²) in [5, 5.41) is 3.08. The van der Waals surface area contributed by atoms with Crippen molar-refractivity contribution in [2.75, 3.05) is 13.1 Å². The van der Waals surface area contributed by atoms with E-state index in [2.05, 4.69) is 26.1 Å². The van der Waals surface area contributed by atoms with Crippen molar-refractivity contribution in [3.63, 3.8) is 0 Å². The molecule has 1 unspecified atom stereocenters. The fourth-order valence-corrected chi connectivity index (χ4v) is 1.37. The van der Waals surface area contributed by atoms with E-state index in [1.165, 1.54) is 0 Å². The van der Waals surface area contributed by atoms with Crippen LogP contribution in [0.15, 0.2) is 0 Å². The van der Waals surface area contributed by atoms with Crippen LogP contribution in [0.4, 0.5) is 0 Å². The third kappa shape index (κ3) is 1.37. The van der Waals surface area contributed by atoms with Crippen molar-refractivity contribution in [2.24, 2.45) is 11.3 Å². The molecule has 1 fully saturated rings. The molecule has 1 atom stereocenters. The predicted octanol–water partition coefficient (Wildman–Crippen LogP) is 0.821. The van der Waals surface area contributed by atoms with Gasteiger partial charge in [0, 0.05) is 12.5 Å². The Morgan fingerprint density at radius 3 is 2.30 bits per heavy atom. The van der Waals surface area contributed by atoms with Crippen LogP contribution in [0, 0.1) is 11.3 Å². The van der Waals surface area contributed by atoms with E-state index in [-0.39, 0.29) is 11.3 Å². The Labute approximate surface area is 62.0 Å². The summed E-state index contributed by atoms with van der Waals surface area (Å²) >= 11 is 0. The molecule has 0 bridgehead atoms. The molecule has 0 aliphatic carbocycles. The van der Waals surface area contributed by atoms with Crippen molar-refractivity contribution in [1.29, 1.82) is 0 Å². The van der Waals surface area contributed by atoms with E-state index in [9.17, 15) is 4.79 Å². The Hall–Kier alpha value is -0.370. The second-order valence-electron chi connectivity index (χ2n) is 4.02. The molecule has 1 aliphatic rings. The lowest BCUT2D eigenvalue weighted by atomic mass is 9.80. The third-order valence-electron chi connectivity index (χ3n) is 2.08. The minimum absolute atomic E-state index is 0.139. The molecule has 10 heavy (non-hydrogen) atoms. The second-order valence-corrected chi connectivity index (χ2v) is 4.02. The Morgan fingerprint density at radius 2 is 2.10 bits per heavy atom. The summed E-state index contributed by atoms with van der Waals surface area (Å²) in [6, 6.07) is 0. The molecule has 0 aromatic rings. The summed E-state index contributed by atoms with van der Waals surface area (Å²) in [5.74, 6) is 0.597. The summed E-state index contributed by atoms with van der Waals surface area (Å²) in [7, 11) is 0. The Bertz CT molecular complexity index is 146. The Kier molecular flexibility index (Phi) is 1.82. The minimum atomic E-state index is 0.139. The van der Waals surface area contributed by atoms with E-state index in [1.54, 1.807) is 0 Å². The van der Waals surface area contributed by atoms with E-state index in [1.807, 2.05) is 0 Å². The number of carbonyl (C=O) groups is 1. The molecule has 1 heterocycles. The molecule has 0 aromatic heterocycles. The van der Waals surface area contributed by atoms with Crippen molar-refractivity contribution >= 4 is 5.78 Å². The zero-order valence-electron chi connectivity index (χ0n) is 6.90. The van der Waals surface area contributed by atoms with Gasteiger partial charge in [0.1, 0.15) is 0 Å². The maximum atomic E-state index is 11.2. The van der Waals surface area contributed by atoms with Crippen molar-refractivity contribution in [3.05, 3.63) is 0 Å². The average Bonchev–Trinajstić information content (AvgIpc) is 2.11. The molecule has 1 rings (SSSR count). The third-order valence-corrected chi connectivity index (χ3v) is 2.08. The lowest BCUT2D eigenvalue weighted by Crippen LogP contribution is -2.27. The fourth-order valence-electron chi connectivity index (χ4n) is 1.37. The van der Waals surface area contributed by atoms with E-state index in [0.717, 1.165) is 6.54 Å². The van der Waals surface area contributed by atoms with Gasteiger partial charge in [-0.2, -0.15) is 0 Å². The Balaban J connectivity index is 2.64. The normalized spacial score (nSPS) is 27.5. The van der Waals surface area contributed by atoms with Crippen molar-refractivity contribution in [3.8, 4) is 0 Å². The van der Waals surface area contributed by atoms with Crippen LogP contribution < -0.4 is 5.32 Å². The van der Waals surface area contributed by atoms with Crippen LogP contribution in [0.5, 0.6) is 0 Å². The summed E-state index contributed by atoms with van der Waals surface area (Å²) in [4.78, 5) is 11.2. The first-order chi connectivity index (χ1) is 4.52. The van der Waals surface area contributed by atoms with Gasteiger partial charge in [-0.05, 0) is 5.41 Å². The highest BCUT2D eigenvalue weighted by Gasteiger charge is 2.33. The van der Waals surface area contributed by atoms with Gasteiger partial charge >= 0.3 is 0 Å². The lowest BCUT2D eigenvalue weighted by Gasteiger charge is -2.24. The number of ketones is 1. The quantitative estimate of drug-likeness (QED) is 0.541. The topological polar surface area (TPSA) is 29.1 Å². The SMILES string of the molecule is CC(C)(C)C1CNCC1=O. The summed E-state index contributed by atoms with van der Waals surface area (Å²) in [6.45, 7) is 7.78. The van der Waals surface area contributed by atoms with Gasteiger partial charge in [0.2, 0.25) is 0 Å². The van der Waals surface area contributed by atoms with Gasteiger partial charge in [-0.1, -0.05) is 20.8 Å². The van der Waals surface area contributed by atoms with Crippen LogP contribution in [0.2, 0.25) is 0 Å². The molecule has 1 aliphatic heterocycles. The fraction of sp³-hybridized carbons (Fsp3) is 0.875. The molecule has 0 amide bonds. The van der Waals surface area contributed by atoms with Gasteiger partial charge < -0.3 is 5.32 Å². The van der Waals surface area contributed by atoms with Crippen LogP contribution in [0.1, 0.15) is 20.8 Å². The molecule has 2 heteroatoms. The van der Waals surface area contributed by atoms with Crippen LogP contribution in [-0.2, 0) is 4.79 Å². The highest BCUT2D eigenvalue weighted by Crippen LogP contribution is 2.27. The number of rotatable bonds is 0.